The van der Waals surface area contributed by atoms with Gasteiger partial charge in [-0.1, -0.05) is 19.3 Å². The van der Waals surface area contributed by atoms with E-state index in [1.165, 1.54) is 33.2 Å². The lowest BCUT2D eigenvalue weighted by molar-refractivity contribution is -0.144. The molecule has 0 saturated heterocycles. The Bertz CT molecular complexity index is 965. The summed E-state index contributed by atoms with van der Waals surface area (Å²) in [5, 5.41) is 6.41. The Morgan fingerprint density at radius 3 is 2.40 bits per heavy atom. The Morgan fingerprint density at radius 1 is 1.03 bits per heavy atom. The van der Waals surface area contributed by atoms with Gasteiger partial charge in [0.15, 0.2) is 5.57 Å². The van der Waals surface area contributed by atoms with Gasteiger partial charge in [-0.3, -0.25) is 4.79 Å². The van der Waals surface area contributed by atoms with Crippen LogP contribution in [0.4, 0.5) is 11.5 Å². The maximum absolute atomic E-state index is 12.5. The molecule has 0 aliphatic heterocycles. The molecule has 1 aromatic carbocycles. The summed E-state index contributed by atoms with van der Waals surface area (Å²) in [6.07, 6.45) is 7.67. The summed E-state index contributed by atoms with van der Waals surface area (Å²) in [6.45, 7) is 0. The maximum Gasteiger partial charge on any atom is 0.346 e. The molecule has 1 heterocycles. The van der Waals surface area contributed by atoms with Gasteiger partial charge in [-0.2, -0.15) is 0 Å². The zero-order valence-electron chi connectivity index (χ0n) is 16.9. The number of aromatic nitrogens is 2. The Balaban J connectivity index is 1.85. The molecule has 3 rings (SSSR count). The van der Waals surface area contributed by atoms with Crippen molar-refractivity contribution in [1.82, 2.24) is 9.97 Å². The molecule has 1 aliphatic carbocycles. The third-order valence-electron chi connectivity index (χ3n) is 5.04. The van der Waals surface area contributed by atoms with Crippen LogP contribution >= 0.6 is 0 Å². The quantitative estimate of drug-likeness (QED) is 0.322. The zero-order chi connectivity index (χ0) is 21.5. The van der Waals surface area contributed by atoms with Crippen LogP contribution in [0.5, 0.6) is 0 Å². The average molecular weight is 412 g/mol. The van der Waals surface area contributed by atoms with Crippen LogP contribution in [0.1, 0.15) is 32.1 Å². The van der Waals surface area contributed by atoms with E-state index in [0.717, 1.165) is 25.7 Å². The van der Waals surface area contributed by atoms with Crippen molar-refractivity contribution in [3.05, 3.63) is 36.3 Å². The molecule has 0 atom stereocenters. The summed E-state index contributed by atoms with van der Waals surface area (Å²) in [4.78, 5) is 44.6. The number of anilines is 2. The van der Waals surface area contributed by atoms with Gasteiger partial charge in [0.05, 0.1) is 19.7 Å². The number of benzene rings is 1. The lowest BCUT2D eigenvalue weighted by Gasteiger charge is -2.20. The molecule has 1 fully saturated rings. The molecule has 0 radical (unpaired) electrons. The summed E-state index contributed by atoms with van der Waals surface area (Å²) in [5.74, 6) is -1.27. The first-order valence-electron chi connectivity index (χ1n) is 9.72. The lowest BCUT2D eigenvalue weighted by atomic mass is 9.88. The van der Waals surface area contributed by atoms with E-state index in [1.807, 2.05) is 0 Å². The largest absolute Gasteiger partial charge is 0.465 e. The predicted molar refractivity (Wildman–Crippen MR) is 110 cm³/mol. The number of carbonyl (C=O) groups excluding carboxylic acids is 3. The molecule has 0 spiro atoms. The van der Waals surface area contributed by atoms with Crippen LogP contribution < -0.4 is 10.6 Å². The maximum atomic E-state index is 12.5. The van der Waals surface area contributed by atoms with E-state index in [2.05, 4.69) is 30.1 Å². The molecule has 2 N–H and O–H groups in total. The van der Waals surface area contributed by atoms with Crippen LogP contribution in [0.25, 0.3) is 10.9 Å². The molecule has 9 nitrogen and oxygen atoms in total. The summed E-state index contributed by atoms with van der Waals surface area (Å²) in [5.41, 5.74) is 0.948. The molecule has 1 aromatic heterocycles. The average Bonchev–Trinajstić information content (AvgIpc) is 2.79. The van der Waals surface area contributed by atoms with Crippen molar-refractivity contribution in [1.29, 1.82) is 0 Å². The van der Waals surface area contributed by atoms with E-state index in [1.54, 1.807) is 18.2 Å². The van der Waals surface area contributed by atoms with Gasteiger partial charge < -0.3 is 20.1 Å². The summed E-state index contributed by atoms with van der Waals surface area (Å²) < 4.78 is 9.21. The van der Waals surface area contributed by atoms with Gasteiger partial charge in [-0.15, -0.1) is 0 Å². The standard InChI is InChI=1S/C21H24N4O5/c1-29-20(27)16(21(28)30-2)11-22-18-15-10-14(8-9-17(15)23-12-24-18)25-19(26)13-6-4-3-5-7-13/h8-13H,3-7H2,1-2H3,(H,25,26)(H,22,23,24). The minimum atomic E-state index is -0.840. The predicted octanol–water partition coefficient (Wildman–Crippen LogP) is 2.79. The summed E-state index contributed by atoms with van der Waals surface area (Å²) in [6, 6.07) is 5.30. The monoisotopic (exact) mass is 412 g/mol. The summed E-state index contributed by atoms with van der Waals surface area (Å²) >= 11 is 0. The van der Waals surface area contributed by atoms with Crippen molar-refractivity contribution in [2.45, 2.75) is 32.1 Å². The number of hydrogen-bond acceptors (Lipinski definition) is 8. The Kier molecular flexibility index (Phi) is 6.95. The molecule has 2 aromatic rings. The fourth-order valence-electron chi connectivity index (χ4n) is 3.42. The van der Waals surface area contributed by atoms with E-state index in [4.69, 9.17) is 0 Å². The fraction of sp³-hybridized carbons (Fsp3) is 0.381. The Hall–Kier alpha value is -3.49. The second kappa shape index (κ2) is 9.82. The number of carbonyl (C=O) groups is 3. The number of fused-ring (bicyclic) bond motifs is 1. The SMILES string of the molecule is COC(=O)C(=CNc1ncnc2ccc(NC(=O)C3CCCCC3)cc12)C(=O)OC. The van der Waals surface area contributed by atoms with Crippen molar-refractivity contribution in [2.24, 2.45) is 5.92 Å². The fourth-order valence-corrected chi connectivity index (χ4v) is 3.42. The number of rotatable bonds is 6. The van der Waals surface area contributed by atoms with Gasteiger partial charge in [0, 0.05) is 23.2 Å². The first-order valence-corrected chi connectivity index (χ1v) is 9.72. The number of nitrogens with one attached hydrogen (secondary N) is 2. The van der Waals surface area contributed by atoms with E-state index >= 15 is 0 Å². The van der Waals surface area contributed by atoms with Crippen molar-refractivity contribution in [2.75, 3.05) is 24.9 Å². The van der Waals surface area contributed by atoms with Crippen LogP contribution in [0.3, 0.4) is 0 Å². The van der Waals surface area contributed by atoms with E-state index < -0.39 is 11.9 Å². The normalized spacial score (nSPS) is 13.9. The highest BCUT2D eigenvalue weighted by Crippen LogP contribution is 2.27. The molecular formula is C21H24N4O5. The number of esters is 2. The highest BCUT2D eigenvalue weighted by Gasteiger charge is 2.22. The molecule has 158 valence electrons. The van der Waals surface area contributed by atoms with Crippen molar-refractivity contribution in [3.8, 4) is 0 Å². The van der Waals surface area contributed by atoms with E-state index in [0.29, 0.717) is 22.4 Å². The van der Waals surface area contributed by atoms with Crippen molar-refractivity contribution in [3.63, 3.8) is 0 Å². The number of ether oxygens (including phenoxy) is 2. The minimum Gasteiger partial charge on any atom is -0.465 e. The summed E-state index contributed by atoms with van der Waals surface area (Å²) in [7, 11) is 2.33. The van der Waals surface area contributed by atoms with Crippen LogP contribution in [-0.4, -0.2) is 42.0 Å². The van der Waals surface area contributed by atoms with Gasteiger partial charge in [-0.05, 0) is 31.0 Å². The third kappa shape index (κ3) is 4.91. The number of methoxy groups -OCH3 is 2. The van der Waals surface area contributed by atoms with Gasteiger partial charge in [-0.25, -0.2) is 19.6 Å². The molecule has 0 unspecified atom stereocenters. The highest BCUT2D eigenvalue weighted by molar-refractivity contribution is 6.14. The highest BCUT2D eigenvalue weighted by atomic mass is 16.5. The minimum absolute atomic E-state index is 0.0129. The first kappa shape index (κ1) is 21.2. The van der Waals surface area contributed by atoms with Gasteiger partial charge in [0.25, 0.3) is 0 Å². The third-order valence-corrected chi connectivity index (χ3v) is 5.04. The molecular weight excluding hydrogens is 388 g/mol. The Labute approximate surface area is 173 Å². The van der Waals surface area contributed by atoms with Gasteiger partial charge >= 0.3 is 11.9 Å². The molecule has 1 aliphatic rings. The molecule has 9 heteroatoms. The second-order valence-corrected chi connectivity index (χ2v) is 6.96. The van der Waals surface area contributed by atoms with Crippen LogP contribution in [-0.2, 0) is 23.9 Å². The smallest absolute Gasteiger partial charge is 0.346 e. The number of amides is 1. The van der Waals surface area contributed by atoms with E-state index in [9.17, 15) is 14.4 Å². The molecule has 1 amide bonds. The molecule has 0 bridgehead atoms. The van der Waals surface area contributed by atoms with Gasteiger partial charge in [0.1, 0.15) is 12.1 Å². The van der Waals surface area contributed by atoms with Crippen molar-refractivity contribution < 1.29 is 23.9 Å². The van der Waals surface area contributed by atoms with Gasteiger partial charge in [0.2, 0.25) is 5.91 Å². The van der Waals surface area contributed by atoms with Crippen LogP contribution in [0, 0.1) is 5.92 Å². The van der Waals surface area contributed by atoms with E-state index in [-0.39, 0.29) is 17.4 Å². The first-order chi connectivity index (χ1) is 14.5. The lowest BCUT2D eigenvalue weighted by Crippen LogP contribution is -2.24. The second-order valence-electron chi connectivity index (χ2n) is 6.96. The number of hydrogen-bond donors (Lipinski definition) is 2. The van der Waals surface area contributed by atoms with Crippen molar-refractivity contribution >= 4 is 40.3 Å². The Morgan fingerprint density at radius 2 is 1.73 bits per heavy atom. The van der Waals surface area contributed by atoms with Crippen LogP contribution in [0.2, 0.25) is 0 Å². The van der Waals surface area contributed by atoms with Crippen LogP contribution in [0.15, 0.2) is 36.3 Å². The zero-order valence-corrected chi connectivity index (χ0v) is 16.9. The topological polar surface area (TPSA) is 120 Å². The molecule has 1 saturated carbocycles. The molecule has 30 heavy (non-hydrogen) atoms. The number of nitrogens with zero attached hydrogens (tertiary/aromatic N) is 2.